The van der Waals surface area contributed by atoms with E-state index in [1.165, 1.54) is 30.4 Å². The van der Waals surface area contributed by atoms with Gasteiger partial charge in [0.05, 0.1) is 0 Å². The fourth-order valence-corrected chi connectivity index (χ4v) is 2.81. The summed E-state index contributed by atoms with van der Waals surface area (Å²) < 4.78 is 0. The zero-order valence-electron chi connectivity index (χ0n) is 11.2. The monoisotopic (exact) mass is 232 g/mol. The molecule has 0 bridgehead atoms. The van der Waals surface area contributed by atoms with E-state index in [-0.39, 0.29) is 0 Å². The molecular formula is C15H24N2. The van der Waals surface area contributed by atoms with Crippen LogP contribution >= 0.6 is 0 Å². The Morgan fingerprint density at radius 2 is 2.06 bits per heavy atom. The zero-order valence-corrected chi connectivity index (χ0v) is 11.2. The molecule has 0 aliphatic heterocycles. The van der Waals surface area contributed by atoms with Crippen LogP contribution in [-0.2, 0) is 6.54 Å². The van der Waals surface area contributed by atoms with Crippen molar-refractivity contribution < 1.29 is 0 Å². The summed E-state index contributed by atoms with van der Waals surface area (Å²) in [4.78, 5) is 2.51. The van der Waals surface area contributed by atoms with Gasteiger partial charge in [0, 0.05) is 18.6 Å². The van der Waals surface area contributed by atoms with E-state index >= 15 is 0 Å². The molecular weight excluding hydrogens is 208 g/mol. The molecule has 1 aliphatic carbocycles. The number of hydrogen-bond acceptors (Lipinski definition) is 2. The molecule has 0 spiro atoms. The number of hydrogen-bond donors (Lipinski definition) is 1. The van der Waals surface area contributed by atoms with Crippen LogP contribution in [0.3, 0.4) is 0 Å². The van der Waals surface area contributed by atoms with Crippen LogP contribution in [0, 0.1) is 6.92 Å². The van der Waals surface area contributed by atoms with E-state index in [2.05, 4.69) is 55.5 Å². The van der Waals surface area contributed by atoms with Gasteiger partial charge in [0.25, 0.3) is 0 Å². The quantitative estimate of drug-likeness (QED) is 0.858. The summed E-state index contributed by atoms with van der Waals surface area (Å²) in [5.74, 6) is 0. The van der Waals surface area contributed by atoms with Gasteiger partial charge in [0.1, 0.15) is 0 Å². The number of nitrogens with zero attached hydrogens (tertiary/aromatic N) is 1. The largest absolute Gasteiger partial charge is 0.317 e. The minimum Gasteiger partial charge on any atom is -0.317 e. The summed E-state index contributed by atoms with van der Waals surface area (Å²) in [6.45, 7) is 3.28. The Kier molecular flexibility index (Phi) is 4.19. The smallest absolute Gasteiger partial charge is 0.0236 e. The lowest BCUT2D eigenvalue weighted by Crippen LogP contribution is -2.31. The highest BCUT2D eigenvalue weighted by Gasteiger charge is 2.26. The molecule has 2 rings (SSSR count). The Morgan fingerprint density at radius 1 is 1.29 bits per heavy atom. The van der Waals surface area contributed by atoms with Crippen molar-refractivity contribution in [3.05, 3.63) is 35.4 Å². The molecule has 1 aromatic rings. The van der Waals surface area contributed by atoms with Crippen LogP contribution in [0.5, 0.6) is 0 Å². The molecule has 17 heavy (non-hydrogen) atoms. The summed E-state index contributed by atoms with van der Waals surface area (Å²) in [6.07, 6.45) is 3.94. The summed E-state index contributed by atoms with van der Waals surface area (Å²) in [5, 5.41) is 3.40. The molecule has 0 amide bonds. The van der Waals surface area contributed by atoms with Gasteiger partial charge in [0.15, 0.2) is 0 Å². The minimum absolute atomic E-state index is 0.722. The Morgan fingerprint density at radius 3 is 2.71 bits per heavy atom. The number of benzene rings is 1. The second kappa shape index (κ2) is 5.65. The Hall–Kier alpha value is -0.860. The highest BCUT2D eigenvalue weighted by molar-refractivity contribution is 5.25. The van der Waals surface area contributed by atoms with Crippen molar-refractivity contribution in [1.29, 1.82) is 0 Å². The van der Waals surface area contributed by atoms with Crippen molar-refractivity contribution in [3.63, 3.8) is 0 Å². The molecule has 0 saturated heterocycles. The minimum atomic E-state index is 0.722. The molecule has 2 heteroatoms. The van der Waals surface area contributed by atoms with E-state index in [0.717, 1.165) is 18.6 Å². The van der Waals surface area contributed by atoms with Gasteiger partial charge in [-0.2, -0.15) is 0 Å². The van der Waals surface area contributed by atoms with Crippen LogP contribution < -0.4 is 5.32 Å². The van der Waals surface area contributed by atoms with Gasteiger partial charge in [-0.3, -0.25) is 4.90 Å². The third kappa shape index (κ3) is 3.08. The fourth-order valence-electron chi connectivity index (χ4n) is 2.81. The van der Waals surface area contributed by atoms with Crippen molar-refractivity contribution in [1.82, 2.24) is 10.2 Å². The molecule has 2 unspecified atom stereocenters. The Labute approximate surface area is 105 Å². The van der Waals surface area contributed by atoms with E-state index < -0.39 is 0 Å². The van der Waals surface area contributed by atoms with Crippen LogP contribution in [0.1, 0.15) is 30.4 Å². The second-order valence-corrected chi connectivity index (χ2v) is 5.29. The average Bonchev–Trinajstić information content (AvgIpc) is 2.81. The Bertz CT molecular complexity index is 362. The third-order valence-corrected chi connectivity index (χ3v) is 4.12. The lowest BCUT2D eigenvalue weighted by Gasteiger charge is -2.25. The summed E-state index contributed by atoms with van der Waals surface area (Å²) in [7, 11) is 4.34. The van der Waals surface area contributed by atoms with Gasteiger partial charge in [0.2, 0.25) is 0 Å². The average molecular weight is 232 g/mol. The maximum Gasteiger partial charge on any atom is 0.0236 e. The summed E-state index contributed by atoms with van der Waals surface area (Å²) >= 11 is 0. The molecule has 1 saturated carbocycles. The lowest BCUT2D eigenvalue weighted by molar-refractivity contribution is 0.234. The number of aryl methyl sites for hydroxylation is 1. The predicted molar refractivity (Wildman–Crippen MR) is 73.1 cm³/mol. The van der Waals surface area contributed by atoms with Crippen LogP contribution in [0.4, 0.5) is 0 Å². The van der Waals surface area contributed by atoms with Crippen LogP contribution in [0.15, 0.2) is 24.3 Å². The maximum atomic E-state index is 3.40. The number of rotatable bonds is 4. The molecule has 1 fully saturated rings. The second-order valence-electron chi connectivity index (χ2n) is 5.29. The first-order valence-electron chi connectivity index (χ1n) is 6.62. The molecule has 1 aliphatic rings. The summed E-state index contributed by atoms with van der Waals surface area (Å²) in [6, 6.07) is 10.2. The van der Waals surface area contributed by atoms with Crippen molar-refractivity contribution in [2.45, 2.75) is 44.8 Å². The lowest BCUT2D eigenvalue weighted by atomic mass is 10.1. The van der Waals surface area contributed by atoms with Gasteiger partial charge < -0.3 is 5.32 Å². The fraction of sp³-hybridized carbons (Fsp3) is 0.600. The zero-order chi connectivity index (χ0) is 12.3. The van der Waals surface area contributed by atoms with Gasteiger partial charge in [-0.1, -0.05) is 24.3 Å². The Balaban J connectivity index is 1.94. The predicted octanol–water partition coefficient (Wildman–Crippen LogP) is 2.57. The molecule has 0 radical (unpaired) electrons. The molecule has 2 atom stereocenters. The first-order chi connectivity index (χ1) is 8.20. The molecule has 1 N–H and O–H groups in total. The molecule has 2 nitrogen and oxygen atoms in total. The van der Waals surface area contributed by atoms with Crippen LogP contribution in [0.2, 0.25) is 0 Å². The van der Waals surface area contributed by atoms with Crippen LogP contribution in [0.25, 0.3) is 0 Å². The third-order valence-electron chi connectivity index (χ3n) is 4.12. The first kappa shape index (κ1) is 12.6. The standard InChI is InChI=1S/C15H24N2/c1-12-6-4-5-7-13(12)11-17(3)15-9-8-14(10-15)16-2/h4-7,14-16H,8-11H2,1-3H3. The van der Waals surface area contributed by atoms with E-state index in [4.69, 9.17) is 0 Å². The van der Waals surface area contributed by atoms with Gasteiger partial charge >= 0.3 is 0 Å². The highest BCUT2D eigenvalue weighted by atomic mass is 15.1. The molecule has 0 aromatic heterocycles. The van der Waals surface area contributed by atoms with Crippen molar-refractivity contribution in [2.24, 2.45) is 0 Å². The summed E-state index contributed by atoms with van der Waals surface area (Å²) in [5.41, 5.74) is 2.87. The van der Waals surface area contributed by atoms with E-state index in [9.17, 15) is 0 Å². The maximum absolute atomic E-state index is 3.40. The van der Waals surface area contributed by atoms with Gasteiger partial charge in [-0.05, 0) is 51.4 Å². The highest BCUT2D eigenvalue weighted by Crippen LogP contribution is 2.24. The topological polar surface area (TPSA) is 15.3 Å². The normalized spacial score (nSPS) is 24.5. The van der Waals surface area contributed by atoms with Gasteiger partial charge in [-0.25, -0.2) is 0 Å². The number of nitrogens with one attached hydrogen (secondary N) is 1. The van der Waals surface area contributed by atoms with E-state index in [1.807, 2.05) is 0 Å². The van der Waals surface area contributed by atoms with E-state index in [1.54, 1.807) is 0 Å². The molecule has 1 aromatic carbocycles. The van der Waals surface area contributed by atoms with Gasteiger partial charge in [-0.15, -0.1) is 0 Å². The van der Waals surface area contributed by atoms with E-state index in [0.29, 0.717) is 0 Å². The SMILES string of the molecule is CNC1CCC(N(C)Cc2ccccc2C)C1. The first-order valence-corrected chi connectivity index (χ1v) is 6.62. The van der Waals surface area contributed by atoms with Crippen molar-refractivity contribution in [2.75, 3.05) is 14.1 Å². The van der Waals surface area contributed by atoms with Crippen molar-refractivity contribution >= 4 is 0 Å². The van der Waals surface area contributed by atoms with Crippen LogP contribution in [-0.4, -0.2) is 31.1 Å². The van der Waals surface area contributed by atoms with Crippen molar-refractivity contribution in [3.8, 4) is 0 Å². The molecule has 94 valence electrons. The molecule has 0 heterocycles.